The van der Waals surface area contributed by atoms with Crippen LogP contribution < -0.4 is 0 Å². The number of Topliss-reactive ketones (excluding diaryl/α,β-unsaturated/α-hetero) is 2. The fraction of sp³-hybridized carbons (Fsp3) is 0.357. The fourth-order valence-corrected chi connectivity index (χ4v) is 1.71. The van der Waals surface area contributed by atoms with Crippen LogP contribution in [0.2, 0.25) is 0 Å². The molecule has 0 aliphatic heterocycles. The van der Waals surface area contributed by atoms with Gasteiger partial charge in [0.05, 0.1) is 14.2 Å². The first-order valence-electron chi connectivity index (χ1n) is 5.54. The molecule has 0 spiro atoms. The van der Waals surface area contributed by atoms with Crippen molar-refractivity contribution in [2.45, 2.75) is 20.3 Å². The van der Waals surface area contributed by atoms with Crippen molar-refractivity contribution in [1.29, 1.82) is 0 Å². The van der Waals surface area contributed by atoms with Gasteiger partial charge < -0.3 is 9.47 Å². The van der Waals surface area contributed by atoms with Gasteiger partial charge >= 0.3 is 0 Å². The second-order valence-electron chi connectivity index (χ2n) is 4.08. The molecule has 0 amide bonds. The number of allylic oxidation sites excluding steroid dienone is 4. The fourth-order valence-electron chi connectivity index (χ4n) is 1.71. The van der Waals surface area contributed by atoms with E-state index in [9.17, 15) is 9.59 Å². The minimum absolute atomic E-state index is 0.0286. The van der Waals surface area contributed by atoms with Gasteiger partial charge in [0.15, 0.2) is 0 Å². The van der Waals surface area contributed by atoms with Gasteiger partial charge in [0.1, 0.15) is 0 Å². The first-order valence-corrected chi connectivity index (χ1v) is 5.54. The summed E-state index contributed by atoms with van der Waals surface area (Å²) in [6, 6.07) is 0. The summed E-state index contributed by atoms with van der Waals surface area (Å²) in [5.41, 5.74) is 1.67. The Hall–Kier alpha value is -1.84. The van der Waals surface area contributed by atoms with Gasteiger partial charge in [-0.2, -0.15) is 0 Å². The van der Waals surface area contributed by atoms with Crippen LogP contribution in [0, 0.1) is 6.92 Å². The van der Waals surface area contributed by atoms with Crippen molar-refractivity contribution in [3.63, 3.8) is 0 Å². The van der Waals surface area contributed by atoms with E-state index in [-0.39, 0.29) is 23.1 Å². The first-order chi connectivity index (χ1) is 8.43. The Bertz CT molecular complexity index is 474. The standard InChI is InChI=1S/C14H17O4/c1-8(2)6-7-10-9(3)11(15)13(17-4)14(18-5)12(10)16/h6H,1,7H2,2-5H3. The van der Waals surface area contributed by atoms with E-state index < -0.39 is 0 Å². The number of hydrogen-bond acceptors (Lipinski definition) is 4. The molecule has 1 aliphatic rings. The van der Waals surface area contributed by atoms with Crippen molar-refractivity contribution in [3.8, 4) is 0 Å². The Labute approximate surface area is 107 Å². The summed E-state index contributed by atoms with van der Waals surface area (Å²) in [6.07, 6.45) is 2.17. The molecule has 4 heteroatoms. The highest BCUT2D eigenvalue weighted by molar-refractivity contribution is 6.23. The summed E-state index contributed by atoms with van der Waals surface area (Å²) < 4.78 is 9.92. The van der Waals surface area contributed by atoms with E-state index in [2.05, 4.69) is 6.92 Å². The van der Waals surface area contributed by atoms with Crippen LogP contribution in [-0.2, 0) is 19.1 Å². The summed E-state index contributed by atoms with van der Waals surface area (Å²) >= 11 is 0. The Morgan fingerprint density at radius 1 is 1.17 bits per heavy atom. The maximum absolute atomic E-state index is 12.2. The molecule has 0 aromatic carbocycles. The van der Waals surface area contributed by atoms with E-state index in [1.54, 1.807) is 13.0 Å². The van der Waals surface area contributed by atoms with Crippen LogP contribution in [0.4, 0.5) is 0 Å². The lowest BCUT2D eigenvalue weighted by Gasteiger charge is -2.19. The SMILES string of the molecule is [CH2]C(C)=CCC1=C(C)C(=O)C(OC)=C(OC)C1=O. The van der Waals surface area contributed by atoms with Gasteiger partial charge in [-0.3, -0.25) is 9.59 Å². The molecular formula is C14H17O4. The molecule has 4 nitrogen and oxygen atoms in total. The lowest BCUT2D eigenvalue weighted by Crippen LogP contribution is -2.24. The number of ketones is 2. The Kier molecular flexibility index (Phi) is 4.48. The smallest absolute Gasteiger partial charge is 0.228 e. The lowest BCUT2D eigenvalue weighted by atomic mass is 9.90. The van der Waals surface area contributed by atoms with Crippen molar-refractivity contribution in [1.82, 2.24) is 0 Å². The van der Waals surface area contributed by atoms with Gasteiger partial charge in [-0.05, 0) is 27.2 Å². The van der Waals surface area contributed by atoms with Crippen LogP contribution >= 0.6 is 0 Å². The van der Waals surface area contributed by atoms with E-state index in [0.717, 1.165) is 5.57 Å². The van der Waals surface area contributed by atoms with Crippen LogP contribution in [-0.4, -0.2) is 25.8 Å². The molecule has 0 unspecified atom stereocenters. The van der Waals surface area contributed by atoms with Crippen LogP contribution in [0.25, 0.3) is 0 Å². The van der Waals surface area contributed by atoms with Crippen molar-refractivity contribution < 1.29 is 19.1 Å². The van der Waals surface area contributed by atoms with Crippen LogP contribution in [0.15, 0.2) is 34.3 Å². The average Bonchev–Trinajstić information content (AvgIpc) is 2.32. The molecule has 1 aliphatic carbocycles. The Morgan fingerprint density at radius 3 is 2.11 bits per heavy atom. The largest absolute Gasteiger partial charge is 0.489 e. The molecule has 1 radical (unpaired) electrons. The number of rotatable bonds is 4. The zero-order valence-electron chi connectivity index (χ0n) is 11.1. The van der Waals surface area contributed by atoms with Crippen molar-refractivity contribution in [2.75, 3.05) is 14.2 Å². The van der Waals surface area contributed by atoms with Crippen molar-refractivity contribution in [3.05, 3.63) is 41.2 Å². The van der Waals surface area contributed by atoms with Crippen molar-refractivity contribution in [2.24, 2.45) is 0 Å². The monoisotopic (exact) mass is 249 g/mol. The van der Waals surface area contributed by atoms with E-state index in [1.807, 2.05) is 6.92 Å². The van der Waals surface area contributed by atoms with Crippen LogP contribution in [0.5, 0.6) is 0 Å². The predicted molar refractivity (Wildman–Crippen MR) is 67.5 cm³/mol. The van der Waals surface area contributed by atoms with Gasteiger partial charge in [0.2, 0.25) is 23.1 Å². The summed E-state index contributed by atoms with van der Waals surface area (Å²) in [5, 5.41) is 0. The quantitative estimate of drug-likeness (QED) is 0.716. The maximum Gasteiger partial charge on any atom is 0.228 e. The molecule has 0 aromatic heterocycles. The maximum atomic E-state index is 12.2. The molecule has 0 heterocycles. The van der Waals surface area contributed by atoms with E-state index >= 15 is 0 Å². The topological polar surface area (TPSA) is 52.6 Å². The predicted octanol–water partition coefficient (Wildman–Crippen LogP) is 2.13. The molecule has 0 fully saturated rings. The highest BCUT2D eigenvalue weighted by Crippen LogP contribution is 2.27. The third kappa shape index (κ3) is 2.53. The van der Waals surface area contributed by atoms with Gasteiger partial charge in [0.25, 0.3) is 0 Å². The van der Waals surface area contributed by atoms with E-state index in [1.165, 1.54) is 14.2 Å². The molecule has 97 valence electrons. The number of ether oxygens (including phenoxy) is 2. The minimum atomic E-state index is -0.306. The van der Waals surface area contributed by atoms with Gasteiger partial charge in [0, 0.05) is 11.1 Å². The zero-order chi connectivity index (χ0) is 13.9. The van der Waals surface area contributed by atoms with Gasteiger partial charge in [-0.1, -0.05) is 11.6 Å². The summed E-state index contributed by atoms with van der Waals surface area (Å²) in [4.78, 5) is 24.2. The minimum Gasteiger partial charge on any atom is -0.489 e. The highest BCUT2D eigenvalue weighted by Gasteiger charge is 2.33. The number of carbonyl (C=O) groups is 2. The second kappa shape index (κ2) is 5.67. The summed E-state index contributed by atoms with van der Waals surface area (Å²) in [6.45, 7) is 7.19. The third-order valence-corrected chi connectivity index (χ3v) is 2.75. The van der Waals surface area contributed by atoms with Gasteiger partial charge in [-0.15, -0.1) is 0 Å². The number of hydrogen-bond donors (Lipinski definition) is 0. The molecule has 0 aromatic rings. The summed E-state index contributed by atoms with van der Waals surface area (Å²) in [7, 11) is 2.69. The number of methoxy groups -OCH3 is 2. The van der Waals surface area contributed by atoms with Gasteiger partial charge in [-0.25, -0.2) is 0 Å². The van der Waals surface area contributed by atoms with E-state index in [4.69, 9.17) is 9.47 Å². The molecular weight excluding hydrogens is 232 g/mol. The Balaban J connectivity index is 3.22. The summed E-state index contributed by atoms with van der Waals surface area (Å²) in [5.74, 6) is -0.666. The molecule has 0 bridgehead atoms. The van der Waals surface area contributed by atoms with Crippen LogP contribution in [0.1, 0.15) is 20.3 Å². The zero-order valence-corrected chi connectivity index (χ0v) is 11.1. The molecule has 0 N–H and O–H groups in total. The second-order valence-corrected chi connectivity index (χ2v) is 4.08. The normalized spacial score (nSPS) is 17.5. The molecule has 0 saturated heterocycles. The van der Waals surface area contributed by atoms with E-state index in [0.29, 0.717) is 17.6 Å². The molecule has 0 atom stereocenters. The first kappa shape index (κ1) is 14.2. The molecule has 0 saturated carbocycles. The average molecular weight is 249 g/mol. The lowest BCUT2D eigenvalue weighted by molar-refractivity contribution is -0.121. The van der Waals surface area contributed by atoms with Crippen LogP contribution in [0.3, 0.4) is 0 Å². The molecule has 1 rings (SSSR count). The third-order valence-electron chi connectivity index (χ3n) is 2.75. The Morgan fingerprint density at radius 2 is 1.67 bits per heavy atom. The number of carbonyl (C=O) groups excluding carboxylic acids is 2. The van der Waals surface area contributed by atoms with Crippen molar-refractivity contribution >= 4 is 11.6 Å². The molecule has 18 heavy (non-hydrogen) atoms. The highest BCUT2D eigenvalue weighted by atomic mass is 16.5.